The van der Waals surface area contributed by atoms with Gasteiger partial charge in [-0.1, -0.05) is 18.1 Å². The molecule has 3 saturated heterocycles. The Morgan fingerprint density at radius 3 is 2.86 bits per heavy atom. The number of amides is 1. The number of rotatable bonds is 2. The van der Waals surface area contributed by atoms with Gasteiger partial charge in [-0.05, 0) is 81.5 Å². The van der Waals surface area contributed by atoms with Gasteiger partial charge in [0.05, 0.1) is 24.3 Å². The van der Waals surface area contributed by atoms with Crippen LogP contribution in [0.3, 0.4) is 0 Å². The van der Waals surface area contributed by atoms with Gasteiger partial charge in [0.25, 0.3) is 0 Å². The molecule has 0 spiro atoms. The van der Waals surface area contributed by atoms with E-state index in [9.17, 15) is 9.59 Å². The van der Waals surface area contributed by atoms with Gasteiger partial charge in [-0.25, -0.2) is 4.79 Å². The van der Waals surface area contributed by atoms with Gasteiger partial charge in [-0.15, -0.1) is 0 Å². The molecule has 7 rings (SSSR count). The summed E-state index contributed by atoms with van der Waals surface area (Å²) in [6, 6.07) is 4.70. The minimum absolute atomic E-state index is 0.0557. The highest BCUT2D eigenvalue weighted by Crippen LogP contribution is 2.45. The molecule has 0 radical (unpaired) electrons. The van der Waals surface area contributed by atoms with E-state index in [1.165, 1.54) is 37.8 Å². The highest BCUT2D eigenvalue weighted by Gasteiger charge is 2.46. The lowest BCUT2D eigenvalue weighted by molar-refractivity contribution is -0.135. The average Bonchev–Trinajstić information content (AvgIpc) is 3.24. The number of carbonyl (C=O) groups is 1. The summed E-state index contributed by atoms with van der Waals surface area (Å²) < 4.78 is 11.3. The Balaban J connectivity index is 1.21. The molecule has 2 aromatic heterocycles. The maximum Gasteiger partial charge on any atom is 0.340 e. The van der Waals surface area contributed by atoms with Gasteiger partial charge in [-0.2, -0.15) is 0 Å². The van der Waals surface area contributed by atoms with Crippen LogP contribution in [-0.2, 0) is 11.2 Å². The first-order valence-corrected chi connectivity index (χ1v) is 13.7. The Morgan fingerprint density at radius 2 is 1.97 bits per heavy atom. The van der Waals surface area contributed by atoms with Crippen molar-refractivity contribution in [1.29, 1.82) is 0 Å². The van der Waals surface area contributed by atoms with Gasteiger partial charge in [0.15, 0.2) is 0 Å². The van der Waals surface area contributed by atoms with E-state index in [2.05, 4.69) is 15.9 Å². The monoisotopic (exact) mass is 486 g/mol. The van der Waals surface area contributed by atoms with E-state index >= 15 is 0 Å². The van der Waals surface area contributed by atoms with Crippen LogP contribution in [0.15, 0.2) is 43.7 Å². The zero-order valence-corrected chi connectivity index (χ0v) is 21.2. The van der Waals surface area contributed by atoms with Crippen molar-refractivity contribution in [2.45, 2.75) is 70.9 Å². The third-order valence-corrected chi connectivity index (χ3v) is 9.48. The van der Waals surface area contributed by atoms with Crippen LogP contribution >= 0.6 is 0 Å². The summed E-state index contributed by atoms with van der Waals surface area (Å²) in [5.74, 6) is 1.20. The van der Waals surface area contributed by atoms with Gasteiger partial charge in [0.2, 0.25) is 5.91 Å². The smallest absolute Gasteiger partial charge is 0.340 e. The zero-order valence-electron chi connectivity index (χ0n) is 21.2. The number of aryl methyl sites for hydroxylation is 2. The fourth-order valence-corrected chi connectivity index (χ4v) is 7.75. The quantitative estimate of drug-likeness (QED) is 0.372. The van der Waals surface area contributed by atoms with Crippen molar-refractivity contribution in [2.24, 2.45) is 11.8 Å². The van der Waals surface area contributed by atoms with Gasteiger partial charge in [0, 0.05) is 36.0 Å². The Kier molecular flexibility index (Phi) is 5.18. The molecule has 3 aliphatic heterocycles. The molecule has 6 heteroatoms. The number of hydrogen-bond donors (Lipinski definition) is 0. The number of benzene rings is 1. The molecule has 0 saturated carbocycles. The summed E-state index contributed by atoms with van der Waals surface area (Å²) in [5, 5.41) is 1.88. The van der Waals surface area contributed by atoms with Crippen molar-refractivity contribution < 1.29 is 13.6 Å². The van der Waals surface area contributed by atoms with Crippen LogP contribution in [0.2, 0.25) is 0 Å². The molecule has 0 N–H and O–H groups in total. The summed E-state index contributed by atoms with van der Waals surface area (Å²) in [6.45, 7) is 7.02. The topological polar surface area (TPSA) is 66.9 Å². The van der Waals surface area contributed by atoms with E-state index < -0.39 is 5.63 Å². The highest BCUT2D eigenvalue weighted by molar-refractivity contribution is 5.96. The molecule has 188 valence electrons. The second-order valence-electron chi connectivity index (χ2n) is 11.5. The lowest BCUT2D eigenvalue weighted by Gasteiger charge is -2.54. The summed E-state index contributed by atoms with van der Waals surface area (Å²) >= 11 is 0. The van der Waals surface area contributed by atoms with Gasteiger partial charge in [-0.3, -0.25) is 9.69 Å². The third-order valence-electron chi connectivity index (χ3n) is 9.48. The molecular weight excluding hydrogens is 452 g/mol. The number of furan rings is 1. The fraction of sp³-hybridized carbons (Fsp3) is 0.533. The molecule has 1 amide bonds. The van der Waals surface area contributed by atoms with Crippen molar-refractivity contribution in [3.05, 3.63) is 57.2 Å². The first kappa shape index (κ1) is 22.3. The van der Waals surface area contributed by atoms with E-state index in [1.54, 1.807) is 12.3 Å². The number of likely N-dealkylation sites (tertiary alicyclic amines) is 1. The molecule has 36 heavy (non-hydrogen) atoms. The van der Waals surface area contributed by atoms with E-state index in [0.717, 1.165) is 47.8 Å². The van der Waals surface area contributed by atoms with Crippen LogP contribution in [0.5, 0.6) is 0 Å². The maximum absolute atomic E-state index is 13.8. The van der Waals surface area contributed by atoms with Crippen molar-refractivity contribution in [3.8, 4) is 0 Å². The Hall–Kier alpha value is -2.86. The predicted octanol–water partition coefficient (Wildman–Crippen LogP) is 5.12. The Morgan fingerprint density at radius 1 is 1.08 bits per heavy atom. The molecule has 1 aromatic carbocycles. The van der Waals surface area contributed by atoms with Crippen LogP contribution in [0.1, 0.15) is 55.2 Å². The molecule has 1 aliphatic carbocycles. The second-order valence-corrected chi connectivity index (χ2v) is 11.5. The zero-order chi connectivity index (χ0) is 24.6. The van der Waals surface area contributed by atoms with E-state index in [1.807, 2.05) is 19.9 Å². The number of hydrogen-bond acceptors (Lipinski definition) is 5. The van der Waals surface area contributed by atoms with Crippen molar-refractivity contribution in [3.63, 3.8) is 0 Å². The first-order chi connectivity index (χ1) is 17.5. The number of carbonyl (C=O) groups excluding carboxylic acids is 1. The second kappa shape index (κ2) is 8.34. The van der Waals surface area contributed by atoms with Crippen molar-refractivity contribution in [1.82, 2.24) is 9.80 Å². The summed E-state index contributed by atoms with van der Waals surface area (Å²) in [5.41, 5.74) is 4.64. The number of nitrogens with zero attached hydrogens (tertiary/aromatic N) is 2. The molecule has 0 unspecified atom stereocenters. The lowest BCUT2D eigenvalue weighted by Crippen LogP contribution is -2.60. The molecule has 6 nitrogen and oxygen atoms in total. The SMILES string of the molecule is Cc1coc2cc3oc(=O)c(CC(=O)N4CCCC5=C[C@H]6C[C@@H](CN7CCCC[C@H]67)[C@@H]54)c(C)c3cc12. The number of fused-ring (bicyclic) bond motifs is 8. The third kappa shape index (κ3) is 3.41. The lowest BCUT2D eigenvalue weighted by atomic mass is 9.68. The largest absolute Gasteiger partial charge is 0.464 e. The van der Waals surface area contributed by atoms with E-state index in [4.69, 9.17) is 8.83 Å². The Bertz CT molecular complexity index is 1460. The molecule has 4 aliphatic rings. The number of piperidine rings is 3. The molecule has 2 bridgehead atoms. The van der Waals surface area contributed by atoms with Crippen molar-refractivity contribution in [2.75, 3.05) is 19.6 Å². The summed E-state index contributed by atoms with van der Waals surface area (Å²) in [4.78, 5) is 31.7. The molecule has 4 atom stereocenters. The van der Waals surface area contributed by atoms with E-state index in [-0.39, 0.29) is 18.4 Å². The normalized spacial score (nSPS) is 28.2. The Labute approximate surface area is 210 Å². The van der Waals surface area contributed by atoms with Gasteiger partial charge in [0.1, 0.15) is 11.2 Å². The molecule has 3 fully saturated rings. The average molecular weight is 487 g/mol. The van der Waals surface area contributed by atoms with E-state index in [0.29, 0.717) is 34.6 Å². The van der Waals surface area contributed by atoms with Crippen LogP contribution in [0.4, 0.5) is 0 Å². The maximum atomic E-state index is 13.8. The fourth-order valence-electron chi connectivity index (χ4n) is 7.75. The van der Waals surface area contributed by atoms with Gasteiger partial charge >= 0.3 is 5.63 Å². The van der Waals surface area contributed by atoms with Crippen LogP contribution in [-0.4, -0.2) is 47.4 Å². The molecule has 3 aromatic rings. The van der Waals surface area contributed by atoms with Crippen LogP contribution < -0.4 is 5.63 Å². The standard InChI is InChI=1S/C30H34N2O4/c1-17-16-35-26-14-27-23(12-22(17)26)18(2)24(30(34)36-27)13-28(33)32-9-5-6-19-10-20-11-21(29(19)32)15-31-8-4-3-7-25(20)31/h10,12,14,16,20-21,25,29H,3-9,11,13,15H2,1-2H3/t20-,21-,25+,29+/m0/s1. The predicted molar refractivity (Wildman–Crippen MR) is 139 cm³/mol. The van der Waals surface area contributed by atoms with Gasteiger partial charge < -0.3 is 13.7 Å². The summed E-state index contributed by atoms with van der Waals surface area (Å²) in [6.07, 6.45) is 11.6. The minimum atomic E-state index is -0.415. The van der Waals surface area contributed by atoms with Crippen LogP contribution in [0.25, 0.3) is 21.9 Å². The minimum Gasteiger partial charge on any atom is -0.464 e. The first-order valence-electron chi connectivity index (χ1n) is 13.7. The molecule has 5 heterocycles. The summed E-state index contributed by atoms with van der Waals surface area (Å²) in [7, 11) is 0. The highest BCUT2D eigenvalue weighted by atomic mass is 16.4. The van der Waals surface area contributed by atoms with Crippen molar-refractivity contribution >= 4 is 27.8 Å². The molecular formula is C30H34N2O4. The van der Waals surface area contributed by atoms with Crippen LogP contribution in [0, 0.1) is 25.7 Å².